The molecule has 3 amide bonds. The molecule has 0 spiro atoms. The lowest BCUT2D eigenvalue weighted by Crippen LogP contribution is -2.38. The number of rotatable bonds is 11. The fourth-order valence-electron chi connectivity index (χ4n) is 2.70. The molecule has 0 saturated carbocycles. The zero-order valence-corrected chi connectivity index (χ0v) is 21.0. The maximum atomic E-state index is 12.3. The predicted molar refractivity (Wildman–Crippen MR) is 134 cm³/mol. The molecule has 0 bridgehead atoms. The first-order valence-corrected chi connectivity index (χ1v) is 11.6. The van der Waals surface area contributed by atoms with Crippen LogP contribution in [0.1, 0.15) is 31.4 Å². The minimum atomic E-state index is -0.885. The highest BCUT2D eigenvalue weighted by Gasteiger charge is 2.12. The minimum absolute atomic E-state index is 0.116. The van der Waals surface area contributed by atoms with Gasteiger partial charge in [-0.15, -0.1) is 0 Å². The van der Waals surface area contributed by atoms with Gasteiger partial charge < -0.3 is 20.1 Å². The van der Waals surface area contributed by atoms with Crippen molar-refractivity contribution in [1.82, 2.24) is 10.7 Å². The Morgan fingerprint density at radius 2 is 1.88 bits per heavy atom. The monoisotopic (exact) mass is 532 g/mol. The Morgan fingerprint density at radius 3 is 2.62 bits per heavy atom. The van der Waals surface area contributed by atoms with Crippen molar-refractivity contribution in [2.45, 2.75) is 33.3 Å². The first-order chi connectivity index (χ1) is 16.3. The number of hydrogen-bond donors (Lipinski definition) is 3. The van der Waals surface area contributed by atoms with E-state index >= 15 is 0 Å². The summed E-state index contributed by atoms with van der Waals surface area (Å²) in [6, 6.07) is 12.4. The molecule has 0 aromatic heterocycles. The van der Waals surface area contributed by atoms with Gasteiger partial charge in [0, 0.05) is 28.9 Å². The molecule has 0 aliphatic rings. The fraction of sp³-hybridized carbons (Fsp3) is 0.333. The zero-order chi connectivity index (χ0) is 24.9. The van der Waals surface area contributed by atoms with Crippen LogP contribution in [0.3, 0.4) is 0 Å². The van der Waals surface area contributed by atoms with Gasteiger partial charge in [0.15, 0.2) is 6.61 Å². The number of aryl methyl sites for hydroxylation is 1. The van der Waals surface area contributed by atoms with Crippen molar-refractivity contribution in [3.05, 3.63) is 58.1 Å². The van der Waals surface area contributed by atoms with E-state index in [0.717, 1.165) is 10.0 Å². The van der Waals surface area contributed by atoms with E-state index in [1.54, 1.807) is 30.3 Å². The maximum Gasteiger partial charge on any atom is 0.329 e. The normalized spacial score (nSPS) is 10.9. The standard InChI is InChI=1S/C24H29BrN4O5/c1-16(2)33-12-6-11-26-23(31)24(32)29-27-14-18-7-4-5-8-21(18)34-15-22(30)28-20-10-9-19(25)13-17(20)3/h4-5,7-10,13-14,16H,6,11-12,15H2,1-3H3,(H,26,31)(H,28,30)(H,29,32)/b27-14-. The maximum absolute atomic E-state index is 12.3. The average Bonchev–Trinajstić information content (AvgIpc) is 2.79. The third-order valence-electron chi connectivity index (χ3n) is 4.37. The van der Waals surface area contributed by atoms with Gasteiger partial charge in [-0.25, -0.2) is 5.43 Å². The van der Waals surface area contributed by atoms with Crippen LogP contribution >= 0.6 is 15.9 Å². The highest BCUT2D eigenvalue weighted by molar-refractivity contribution is 9.10. The molecule has 0 fully saturated rings. The van der Waals surface area contributed by atoms with Crippen molar-refractivity contribution in [2.24, 2.45) is 5.10 Å². The number of carbonyl (C=O) groups excluding carboxylic acids is 3. The molecule has 0 aliphatic heterocycles. The topological polar surface area (TPSA) is 118 Å². The van der Waals surface area contributed by atoms with Crippen molar-refractivity contribution in [1.29, 1.82) is 0 Å². The molecule has 2 aromatic rings. The van der Waals surface area contributed by atoms with E-state index < -0.39 is 11.8 Å². The predicted octanol–water partition coefficient (Wildman–Crippen LogP) is 3.16. The molecule has 0 aliphatic carbocycles. The smallest absolute Gasteiger partial charge is 0.329 e. The van der Waals surface area contributed by atoms with E-state index in [2.05, 4.69) is 37.1 Å². The van der Waals surface area contributed by atoms with Gasteiger partial charge in [-0.1, -0.05) is 28.1 Å². The van der Waals surface area contributed by atoms with Crippen LogP contribution in [0.2, 0.25) is 0 Å². The lowest BCUT2D eigenvalue weighted by molar-refractivity contribution is -0.139. The fourth-order valence-corrected chi connectivity index (χ4v) is 3.18. The molecule has 2 rings (SSSR count). The molecule has 34 heavy (non-hydrogen) atoms. The number of nitrogens with zero attached hydrogens (tertiary/aromatic N) is 1. The summed E-state index contributed by atoms with van der Waals surface area (Å²) in [5.74, 6) is -1.59. The van der Waals surface area contributed by atoms with Crippen molar-refractivity contribution in [3.8, 4) is 5.75 Å². The van der Waals surface area contributed by atoms with Crippen molar-refractivity contribution in [2.75, 3.05) is 25.1 Å². The van der Waals surface area contributed by atoms with Gasteiger partial charge >= 0.3 is 11.8 Å². The van der Waals surface area contributed by atoms with Crippen molar-refractivity contribution < 1.29 is 23.9 Å². The molecule has 182 valence electrons. The lowest BCUT2D eigenvalue weighted by Gasteiger charge is -2.11. The molecule has 0 saturated heterocycles. The summed E-state index contributed by atoms with van der Waals surface area (Å²) in [6.45, 7) is 6.34. The first-order valence-electron chi connectivity index (χ1n) is 10.8. The van der Waals surface area contributed by atoms with E-state index in [4.69, 9.17) is 9.47 Å². The molecule has 0 unspecified atom stereocenters. The van der Waals surface area contributed by atoms with E-state index in [1.807, 2.05) is 32.9 Å². The van der Waals surface area contributed by atoms with Gasteiger partial charge in [0.25, 0.3) is 5.91 Å². The molecular formula is C24H29BrN4O5. The molecular weight excluding hydrogens is 504 g/mol. The summed E-state index contributed by atoms with van der Waals surface area (Å²) >= 11 is 3.39. The van der Waals surface area contributed by atoms with E-state index in [-0.39, 0.29) is 18.6 Å². The Balaban J connectivity index is 1.82. The second kappa shape index (κ2) is 14.1. The molecule has 2 aromatic carbocycles. The molecule has 3 N–H and O–H groups in total. The Labute approximate surface area is 207 Å². The van der Waals surface area contributed by atoms with Crippen LogP contribution in [0.4, 0.5) is 5.69 Å². The number of hydrazone groups is 1. The number of ether oxygens (including phenoxy) is 2. The third kappa shape index (κ3) is 9.72. The van der Waals surface area contributed by atoms with Gasteiger partial charge in [0.2, 0.25) is 0 Å². The molecule has 10 heteroatoms. The van der Waals surface area contributed by atoms with Crippen LogP contribution in [0.15, 0.2) is 52.0 Å². The van der Waals surface area contributed by atoms with Crippen molar-refractivity contribution >= 4 is 45.6 Å². The molecule has 0 heterocycles. The number of halogens is 1. The van der Waals surface area contributed by atoms with Crippen LogP contribution in [0, 0.1) is 6.92 Å². The van der Waals surface area contributed by atoms with E-state index in [9.17, 15) is 14.4 Å². The lowest BCUT2D eigenvalue weighted by atomic mass is 10.2. The molecule has 9 nitrogen and oxygen atoms in total. The first kappa shape index (κ1) is 27.0. The summed E-state index contributed by atoms with van der Waals surface area (Å²) in [4.78, 5) is 36.0. The number of hydrogen-bond acceptors (Lipinski definition) is 6. The van der Waals surface area contributed by atoms with Gasteiger partial charge in [0.05, 0.1) is 12.3 Å². The van der Waals surface area contributed by atoms with Crippen LogP contribution in [0.5, 0.6) is 5.75 Å². The van der Waals surface area contributed by atoms with Crippen LogP contribution in [-0.4, -0.2) is 49.8 Å². The number of para-hydroxylation sites is 1. The van der Waals surface area contributed by atoms with E-state index in [1.165, 1.54) is 6.21 Å². The van der Waals surface area contributed by atoms with Crippen molar-refractivity contribution in [3.63, 3.8) is 0 Å². The Bertz CT molecular complexity index is 1030. The number of anilines is 1. The second-order valence-corrected chi connectivity index (χ2v) is 8.48. The number of amides is 3. The Morgan fingerprint density at radius 1 is 1.12 bits per heavy atom. The summed E-state index contributed by atoms with van der Waals surface area (Å²) in [5, 5.41) is 9.11. The Kier molecular flexibility index (Phi) is 11.2. The second-order valence-electron chi connectivity index (χ2n) is 7.56. The van der Waals surface area contributed by atoms with Gasteiger partial charge in [0.1, 0.15) is 5.75 Å². The van der Waals surface area contributed by atoms with Gasteiger partial charge in [-0.3, -0.25) is 14.4 Å². The number of benzene rings is 2. The van der Waals surface area contributed by atoms with Crippen LogP contribution < -0.4 is 20.8 Å². The Hall–Kier alpha value is -3.24. The van der Waals surface area contributed by atoms with Crippen LogP contribution in [-0.2, 0) is 19.1 Å². The zero-order valence-electron chi connectivity index (χ0n) is 19.4. The summed E-state index contributed by atoms with van der Waals surface area (Å²) in [5.41, 5.74) is 4.31. The third-order valence-corrected chi connectivity index (χ3v) is 4.87. The summed E-state index contributed by atoms with van der Waals surface area (Å²) in [7, 11) is 0. The number of nitrogens with one attached hydrogen (secondary N) is 3. The molecule has 0 radical (unpaired) electrons. The SMILES string of the molecule is Cc1cc(Br)ccc1NC(=O)COc1ccccc1/C=N\NC(=O)C(=O)NCCCOC(C)C. The van der Waals surface area contributed by atoms with Gasteiger partial charge in [-0.05, 0) is 63.1 Å². The molecule has 0 atom stereocenters. The largest absolute Gasteiger partial charge is 0.483 e. The quantitative estimate of drug-likeness (QED) is 0.178. The van der Waals surface area contributed by atoms with E-state index in [0.29, 0.717) is 36.6 Å². The summed E-state index contributed by atoms with van der Waals surface area (Å²) in [6.07, 6.45) is 2.05. The van der Waals surface area contributed by atoms with Crippen LogP contribution in [0.25, 0.3) is 0 Å². The summed E-state index contributed by atoms with van der Waals surface area (Å²) < 4.78 is 11.9. The van der Waals surface area contributed by atoms with Gasteiger partial charge in [-0.2, -0.15) is 5.10 Å². The highest BCUT2D eigenvalue weighted by atomic mass is 79.9. The highest BCUT2D eigenvalue weighted by Crippen LogP contribution is 2.20. The number of carbonyl (C=O) groups is 3. The average molecular weight is 533 g/mol. The minimum Gasteiger partial charge on any atom is -0.483 e.